The van der Waals surface area contributed by atoms with Gasteiger partial charge in [0.25, 0.3) is 0 Å². The molecule has 16 heavy (non-hydrogen) atoms. The van der Waals surface area contributed by atoms with Gasteiger partial charge in [0.1, 0.15) is 11.4 Å². The van der Waals surface area contributed by atoms with E-state index in [0.717, 1.165) is 29.9 Å². The van der Waals surface area contributed by atoms with Crippen LogP contribution in [0.2, 0.25) is 0 Å². The van der Waals surface area contributed by atoms with Gasteiger partial charge >= 0.3 is 0 Å². The molecule has 0 radical (unpaired) electrons. The number of nitrogens with zero attached hydrogens (tertiary/aromatic N) is 2. The van der Waals surface area contributed by atoms with Crippen LogP contribution < -0.4 is 10.2 Å². The van der Waals surface area contributed by atoms with E-state index in [-0.39, 0.29) is 0 Å². The van der Waals surface area contributed by atoms with Gasteiger partial charge in [-0.05, 0) is 25.1 Å². The number of anilines is 1. The van der Waals surface area contributed by atoms with E-state index in [1.165, 1.54) is 6.42 Å². The summed E-state index contributed by atoms with van der Waals surface area (Å²) in [5.74, 6) is 1.01. The van der Waals surface area contributed by atoms with Gasteiger partial charge in [0.2, 0.25) is 0 Å². The fourth-order valence-electron chi connectivity index (χ4n) is 2.30. The molecule has 0 saturated carbocycles. The molecule has 0 amide bonds. The van der Waals surface area contributed by atoms with Crippen LogP contribution in [0.4, 0.5) is 5.82 Å². The Bertz CT molecular complexity index is 488. The van der Waals surface area contributed by atoms with Crippen molar-refractivity contribution in [2.75, 3.05) is 25.0 Å². The predicted molar refractivity (Wildman–Crippen MR) is 63.7 cm³/mol. The molecule has 0 bridgehead atoms. The van der Waals surface area contributed by atoms with Crippen LogP contribution in [-0.4, -0.2) is 31.2 Å². The van der Waals surface area contributed by atoms with Gasteiger partial charge in [0.05, 0.1) is 11.6 Å². The van der Waals surface area contributed by atoms with E-state index in [9.17, 15) is 0 Å². The lowest BCUT2D eigenvalue weighted by Gasteiger charge is -2.25. The highest BCUT2D eigenvalue weighted by Crippen LogP contribution is 2.26. The summed E-state index contributed by atoms with van der Waals surface area (Å²) < 4.78 is 5.39. The molecule has 4 nitrogen and oxygen atoms in total. The fourth-order valence-corrected chi connectivity index (χ4v) is 2.30. The highest BCUT2D eigenvalue weighted by molar-refractivity contribution is 5.88. The van der Waals surface area contributed by atoms with Crippen molar-refractivity contribution < 1.29 is 4.42 Å². The highest BCUT2D eigenvalue weighted by atomic mass is 16.3. The summed E-state index contributed by atoms with van der Waals surface area (Å²) in [5.41, 5.74) is 0.905. The number of fused-ring (bicyclic) bond motifs is 1. The van der Waals surface area contributed by atoms with Crippen molar-refractivity contribution in [3.8, 4) is 0 Å². The van der Waals surface area contributed by atoms with Crippen molar-refractivity contribution >= 4 is 16.8 Å². The number of rotatable bonds is 2. The van der Waals surface area contributed by atoms with Crippen LogP contribution in [0.1, 0.15) is 6.42 Å². The van der Waals surface area contributed by atoms with Gasteiger partial charge in [0.15, 0.2) is 0 Å². The summed E-state index contributed by atoms with van der Waals surface area (Å²) in [6.45, 7) is 2.13. The molecular weight excluding hydrogens is 202 g/mol. The zero-order valence-corrected chi connectivity index (χ0v) is 9.31. The van der Waals surface area contributed by atoms with Crippen LogP contribution in [0.5, 0.6) is 0 Å². The quantitative estimate of drug-likeness (QED) is 0.830. The zero-order valence-electron chi connectivity index (χ0n) is 9.31. The van der Waals surface area contributed by atoms with E-state index < -0.39 is 0 Å². The number of pyridine rings is 1. The zero-order chi connectivity index (χ0) is 11.0. The van der Waals surface area contributed by atoms with Gasteiger partial charge in [-0.2, -0.15) is 0 Å². The van der Waals surface area contributed by atoms with E-state index in [0.29, 0.717) is 6.04 Å². The summed E-state index contributed by atoms with van der Waals surface area (Å²) >= 11 is 0. The Balaban J connectivity index is 2.00. The minimum atomic E-state index is 0.535. The highest BCUT2D eigenvalue weighted by Gasteiger charge is 2.21. The topological polar surface area (TPSA) is 41.3 Å². The monoisotopic (exact) mass is 217 g/mol. The van der Waals surface area contributed by atoms with Gasteiger partial charge in [-0.3, -0.25) is 0 Å². The summed E-state index contributed by atoms with van der Waals surface area (Å²) in [6, 6.07) is 4.42. The summed E-state index contributed by atoms with van der Waals surface area (Å²) in [7, 11) is 2.10. The van der Waals surface area contributed by atoms with Gasteiger partial charge in [0, 0.05) is 25.8 Å². The van der Waals surface area contributed by atoms with Crippen LogP contribution in [0.3, 0.4) is 0 Å². The van der Waals surface area contributed by atoms with Crippen LogP contribution >= 0.6 is 0 Å². The first-order valence-corrected chi connectivity index (χ1v) is 5.62. The van der Waals surface area contributed by atoms with Crippen LogP contribution in [-0.2, 0) is 0 Å². The average molecular weight is 217 g/mol. The first kappa shape index (κ1) is 9.66. The van der Waals surface area contributed by atoms with Crippen molar-refractivity contribution in [3.63, 3.8) is 0 Å². The van der Waals surface area contributed by atoms with E-state index in [1.54, 1.807) is 12.5 Å². The lowest BCUT2D eigenvalue weighted by atomic mass is 10.2. The Morgan fingerprint density at radius 2 is 2.44 bits per heavy atom. The van der Waals surface area contributed by atoms with Crippen molar-refractivity contribution in [3.05, 3.63) is 24.6 Å². The molecule has 1 saturated heterocycles. The maximum Gasteiger partial charge on any atom is 0.139 e. The number of hydrogen-bond acceptors (Lipinski definition) is 4. The molecule has 1 fully saturated rings. The van der Waals surface area contributed by atoms with Gasteiger partial charge < -0.3 is 14.6 Å². The first-order chi connectivity index (χ1) is 7.86. The van der Waals surface area contributed by atoms with E-state index in [4.69, 9.17) is 4.42 Å². The maximum atomic E-state index is 5.39. The van der Waals surface area contributed by atoms with E-state index >= 15 is 0 Å². The SMILES string of the molecule is CN(c1nccc2occc12)C1CCNC1. The second-order valence-corrected chi connectivity index (χ2v) is 4.22. The second kappa shape index (κ2) is 3.79. The van der Waals surface area contributed by atoms with Crippen LogP contribution in [0.25, 0.3) is 11.0 Å². The third-order valence-electron chi connectivity index (χ3n) is 3.27. The second-order valence-electron chi connectivity index (χ2n) is 4.22. The average Bonchev–Trinajstić information content (AvgIpc) is 2.98. The van der Waals surface area contributed by atoms with Crippen molar-refractivity contribution in [2.24, 2.45) is 0 Å². The fraction of sp³-hybridized carbons (Fsp3) is 0.417. The molecule has 1 aliphatic heterocycles. The molecule has 0 spiro atoms. The Labute approximate surface area is 94.3 Å². The van der Waals surface area contributed by atoms with E-state index in [1.807, 2.05) is 12.1 Å². The third-order valence-corrected chi connectivity index (χ3v) is 3.27. The van der Waals surface area contributed by atoms with Crippen LogP contribution in [0, 0.1) is 0 Å². The largest absolute Gasteiger partial charge is 0.464 e. The molecule has 1 N–H and O–H groups in total. The molecule has 1 aliphatic rings. The Morgan fingerprint density at radius 1 is 1.50 bits per heavy atom. The molecular formula is C12H15N3O. The molecule has 0 aliphatic carbocycles. The summed E-state index contributed by atoms with van der Waals surface area (Å²) in [4.78, 5) is 6.71. The Hall–Kier alpha value is -1.55. The smallest absolute Gasteiger partial charge is 0.139 e. The van der Waals surface area contributed by atoms with Crippen molar-refractivity contribution in [1.29, 1.82) is 0 Å². The van der Waals surface area contributed by atoms with E-state index in [2.05, 4.69) is 22.2 Å². The maximum absolute atomic E-state index is 5.39. The first-order valence-electron chi connectivity index (χ1n) is 5.62. The number of aromatic nitrogens is 1. The molecule has 2 aromatic rings. The molecule has 84 valence electrons. The normalized spacial score (nSPS) is 20.4. The molecule has 2 aromatic heterocycles. The number of nitrogens with one attached hydrogen (secondary N) is 1. The summed E-state index contributed by atoms with van der Waals surface area (Å²) in [5, 5.41) is 4.47. The summed E-state index contributed by atoms with van der Waals surface area (Å²) in [6.07, 6.45) is 4.70. The third kappa shape index (κ3) is 1.46. The molecule has 4 heteroatoms. The molecule has 1 atom stereocenters. The minimum Gasteiger partial charge on any atom is -0.464 e. The molecule has 3 heterocycles. The number of hydrogen-bond donors (Lipinski definition) is 1. The number of furan rings is 1. The molecule has 1 unspecified atom stereocenters. The lowest BCUT2D eigenvalue weighted by molar-refractivity contribution is 0.615. The van der Waals surface area contributed by atoms with Crippen molar-refractivity contribution in [1.82, 2.24) is 10.3 Å². The number of likely N-dealkylation sites (N-methyl/N-ethyl adjacent to an activating group) is 1. The van der Waals surface area contributed by atoms with Gasteiger partial charge in [-0.15, -0.1) is 0 Å². The Kier molecular flexibility index (Phi) is 2.29. The molecule has 3 rings (SSSR count). The predicted octanol–water partition coefficient (Wildman–Crippen LogP) is 1.63. The lowest BCUT2D eigenvalue weighted by Crippen LogP contribution is -2.33. The minimum absolute atomic E-state index is 0.535. The van der Waals surface area contributed by atoms with Gasteiger partial charge in [-0.25, -0.2) is 4.98 Å². The van der Waals surface area contributed by atoms with Gasteiger partial charge in [-0.1, -0.05) is 0 Å². The Morgan fingerprint density at radius 3 is 3.25 bits per heavy atom. The van der Waals surface area contributed by atoms with Crippen LogP contribution in [0.15, 0.2) is 29.0 Å². The van der Waals surface area contributed by atoms with Crippen molar-refractivity contribution in [2.45, 2.75) is 12.5 Å². The standard InChI is InChI=1S/C12H15N3O/c1-15(9-2-5-13-8-9)12-10-4-7-16-11(10)3-6-14-12/h3-4,6-7,9,13H,2,5,8H2,1H3. The molecule has 0 aromatic carbocycles.